The van der Waals surface area contributed by atoms with E-state index in [2.05, 4.69) is 15.8 Å². The molecule has 1 aliphatic rings. The van der Waals surface area contributed by atoms with Crippen molar-refractivity contribution in [2.24, 2.45) is 11.0 Å². The molecule has 9 heteroatoms. The van der Waals surface area contributed by atoms with Crippen molar-refractivity contribution in [1.82, 2.24) is 10.7 Å². The third-order valence-corrected chi connectivity index (χ3v) is 4.69. The first-order chi connectivity index (χ1) is 14.9. The quantitative estimate of drug-likeness (QED) is 0.495. The molecule has 9 nitrogen and oxygen atoms in total. The third-order valence-electron chi connectivity index (χ3n) is 4.69. The number of amides is 2. The molecule has 0 radical (unpaired) electrons. The van der Waals surface area contributed by atoms with Crippen LogP contribution >= 0.6 is 0 Å². The van der Waals surface area contributed by atoms with E-state index in [0.29, 0.717) is 34.1 Å². The highest BCUT2D eigenvalue weighted by atomic mass is 16.7. The molecule has 0 saturated carbocycles. The molecule has 3 rings (SSSR count). The second-order valence-electron chi connectivity index (χ2n) is 7.11. The number of ether oxygens (including phenoxy) is 4. The summed E-state index contributed by atoms with van der Waals surface area (Å²) in [6.45, 7) is 3.79. The summed E-state index contributed by atoms with van der Waals surface area (Å²) in [7, 11) is 3.10. The van der Waals surface area contributed by atoms with Gasteiger partial charge in [0, 0.05) is 17.2 Å². The molecule has 0 aliphatic carbocycles. The van der Waals surface area contributed by atoms with Gasteiger partial charge in [0.1, 0.15) is 17.5 Å². The van der Waals surface area contributed by atoms with Gasteiger partial charge in [0.25, 0.3) is 11.8 Å². The van der Waals surface area contributed by atoms with Crippen LogP contribution in [0.25, 0.3) is 0 Å². The summed E-state index contributed by atoms with van der Waals surface area (Å²) < 4.78 is 21.0. The fraction of sp³-hybridized carbons (Fsp3) is 0.318. The number of hydrogen-bond donors (Lipinski definition) is 2. The number of hydrazone groups is 1. The zero-order valence-electron chi connectivity index (χ0n) is 17.8. The van der Waals surface area contributed by atoms with E-state index in [-0.39, 0.29) is 12.7 Å². The Labute approximate surface area is 180 Å². The second kappa shape index (κ2) is 9.84. The summed E-state index contributed by atoms with van der Waals surface area (Å²) in [4.78, 5) is 25.3. The number of benzene rings is 2. The first-order valence-corrected chi connectivity index (χ1v) is 9.68. The molecule has 2 amide bonds. The van der Waals surface area contributed by atoms with Gasteiger partial charge in [0.05, 0.1) is 20.4 Å². The molecule has 31 heavy (non-hydrogen) atoms. The molecule has 2 N–H and O–H groups in total. The van der Waals surface area contributed by atoms with E-state index in [9.17, 15) is 9.59 Å². The van der Waals surface area contributed by atoms with Gasteiger partial charge in [-0.3, -0.25) is 9.59 Å². The topological polar surface area (TPSA) is 107 Å². The maximum absolute atomic E-state index is 12.6. The van der Waals surface area contributed by atoms with E-state index in [0.717, 1.165) is 0 Å². The molecule has 0 fully saturated rings. The Morgan fingerprint density at radius 2 is 1.84 bits per heavy atom. The molecule has 1 aliphatic heterocycles. The number of methoxy groups -OCH3 is 2. The van der Waals surface area contributed by atoms with E-state index in [1.54, 1.807) is 43.5 Å². The molecule has 2 aromatic rings. The van der Waals surface area contributed by atoms with E-state index >= 15 is 0 Å². The Morgan fingerprint density at radius 1 is 1.06 bits per heavy atom. The molecule has 1 atom stereocenters. The summed E-state index contributed by atoms with van der Waals surface area (Å²) in [6, 6.07) is 9.31. The van der Waals surface area contributed by atoms with Crippen LogP contribution in [-0.4, -0.2) is 45.1 Å². The van der Waals surface area contributed by atoms with E-state index in [1.807, 2.05) is 13.8 Å². The van der Waals surface area contributed by atoms with Gasteiger partial charge in [-0.05, 0) is 36.2 Å². The highest BCUT2D eigenvalue weighted by Crippen LogP contribution is 2.32. The van der Waals surface area contributed by atoms with Crippen LogP contribution in [0, 0.1) is 5.92 Å². The van der Waals surface area contributed by atoms with E-state index < -0.39 is 17.9 Å². The van der Waals surface area contributed by atoms with Crippen LogP contribution in [0.2, 0.25) is 0 Å². The van der Waals surface area contributed by atoms with Gasteiger partial charge in [-0.1, -0.05) is 13.8 Å². The predicted octanol–water partition coefficient (Wildman–Crippen LogP) is 2.34. The number of fused-ring (bicyclic) bond motifs is 1. The monoisotopic (exact) mass is 427 g/mol. The van der Waals surface area contributed by atoms with Crippen LogP contribution in [-0.2, 0) is 4.79 Å². The standard InChI is InChI=1S/C22H25N3O6/c1-13(2)20(24-21(26)14-6-8-17-19(9-14)31-12-30-17)22(27)25-23-11-15-5-7-16(28-3)10-18(15)29-4/h5-11,13,20H,12H2,1-4H3,(H,24,26)(H,25,27). The first kappa shape index (κ1) is 21.9. The van der Waals surface area contributed by atoms with Crippen LogP contribution in [0.1, 0.15) is 29.8 Å². The lowest BCUT2D eigenvalue weighted by atomic mass is 10.0. The zero-order chi connectivity index (χ0) is 22.4. The van der Waals surface area contributed by atoms with Gasteiger partial charge >= 0.3 is 0 Å². The predicted molar refractivity (Wildman–Crippen MR) is 114 cm³/mol. The fourth-order valence-corrected chi connectivity index (χ4v) is 2.96. The summed E-state index contributed by atoms with van der Waals surface area (Å²) in [6.07, 6.45) is 1.47. The van der Waals surface area contributed by atoms with Crippen molar-refractivity contribution in [2.75, 3.05) is 21.0 Å². The maximum Gasteiger partial charge on any atom is 0.262 e. The number of nitrogens with zero attached hydrogens (tertiary/aromatic N) is 1. The lowest BCUT2D eigenvalue weighted by molar-refractivity contribution is -0.123. The van der Waals surface area contributed by atoms with Gasteiger partial charge in [0.15, 0.2) is 11.5 Å². The minimum absolute atomic E-state index is 0.119. The van der Waals surface area contributed by atoms with Crippen molar-refractivity contribution < 1.29 is 28.5 Å². The van der Waals surface area contributed by atoms with Crippen molar-refractivity contribution >= 4 is 18.0 Å². The number of carbonyl (C=O) groups is 2. The van der Waals surface area contributed by atoms with Gasteiger partial charge in [-0.25, -0.2) is 5.43 Å². The first-order valence-electron chi connectivity index (χ1n) is 9.68. The van der Waals surface area contributed by atoms with E-state index in [4.69, 9.17) is 18.9 Å². The second-order valence-corrected chi connectivity index (χ2v) is 7.11. The third kappa shape index (κ3) is 5.25. The van der Waals surface area contributed by atoms with E-state index in [1.165, 1.54) is 13.3 Å². The SMILES string of the molecule is COc1ccc(C=NNC(=O)C(NC(=O)c2ccc3c(c2)OCO3)C(C)C)c(OC)c1. The lowest BCUT2D eigenvalue weighted by Crippen LogP contribution is -2.48. The summed E-state index contributed by atoms with van der Waals surface area (Å²) in [5.41, 5.74) is 3.51. The summed E-state index contributed by atoms with van der Waals surface area (Å²) in [5.74, 6) is 1.27. The largest absolute Gasteiger partial charge is 0.497 e. The van der Waals surface area contributed by atoms with Gasteiger partial charge in [0.2, 0.25) is 6.79 Å². The Hall–Kier alpha value is -3.75. The molecule has 164 valence electrons. The van der Waals surface area contributed by atoms with Crippen LogP contribution in [0.3, 0.4) is 0 Å². The molecule has 0 saturated heterocycles. The molecular formula is C22H25N3O6. The minimum Gasteiger partial charge on any atom is -0.497 e. The molecule has 1 unspecified atom stereocenters. The van der Waals surface area contributed by atoms with Crippen molar-refractivity contribution in [3.8, 4) is 23.0 Å². The molecule has 1 heterocycles. The smallest absolute Gasteiger partial charge is 0.262 e. The van der Waals surface area contributed by atoms with Crippen molar-refractivity contribution in [1.29, 1.82) is 0 Å². The molecular weight excluding hydrogens is 402 g/mol. The molecule has 0 spiro atoms. The van der Waals surface area contributed by atoms with Crippen molar-refractivity contribution in [3.63, 3.8) is 0 Å². The molecule has 0 bridgehead atoms. The highest BCUT2D eigenvalue weighted by molar-refractivity contribution is 5.98. The maximum atomic E-state index is 12.6. The number of hydrogen-bond acceptors (Lipinski definition) is 7. The van der Waals surface area contributed by atoms with Crippen LogP contribution < -0.4 is 29.7 Å². The summed E-state index contributed by atoms with van der Waals surface area (Å²) in [5, 5.41) is 6.75. The Bertz CT molecular complexity index is 989. The Kier molecular flexibility index (Phi) is 6.96. The van der Waals surface area contributed by atoms with Gasteiger partial charge < -0.3 is 24.3 Å². The van der Waals surface area contributed by atoms with Crippen molar-refractivity contribution in [3.05, 3.63) is 47.5 Å². The van der Waals surface area contributed by atoms with Crippen LogP contribution in [0.4, 0.5) is 0 Å². The molecule has 2 aromatic carbocycles. The summed E-state index contributed by atoms with van der Waals surface area (Å²) >= 11 is 0. The number of carbonyl (C=O) groups excluding carboxylic acids is 2. The Balaban J connectivity index is 1.65. The average molecular weight is 427 g/mol. The molecule has 0 aromatic heterocycles. The van der Waals surface area contributed by atoms with Gasteiger partial charge in [-0.2, -0.15) is 5.10 Å². The van der Waals surface area contributed by atoms with Gasteiger partial charge in [-0.15, -0.1) is 0 Å². The Morgan fingerprint density at radius 3 is 2.55 bits per heavy atom. The van der Waals surface area contributed by atoms with Crippen molar-refractivity contribution in [2.45, 2.75) is 19.9 Å². The number of rotatable bonds is 8. The minimum atomic E-state index is -0.784. The van der Waals surface area contributed by atoms with Crippen LogP contribution in [0.5, 0.6) is 23.0 Å². The zero-order valence-corrected chi connectivity index (χ0v) is 17.8. The normalized spacial score (nSPS) is 13.2. The highest BCUT2D eigenvalue weighted by Gasteiger charge is 2.25. The fourth-order valence-electron chi connectivity index (χ4n) is 2.96. The van der Waals surface area contributed by atoms with Crippen LogP contribution in [0.15, 0.2) is 41.5 Å². The number of nitrogens with one attached hydrogen (secondary N) is 2. The lowest BCUT2D eigenvalue weighted by Gasteiger charge is -2.20. The average Bonchev–Trinajstić information content (AvgIpc) is 3.25.